The molecular formula is C16H21FN2S. The van der Waals surface area contributed by atoms with E-state index < -0.39 is 0 Å². The third-order valence-electron chi connectivity index (χ3n) is 4.67. The van der Waals surface area contributed by atoms with Crippen molar-refractivity contribution in [2.45, 2.75) is 45.6 Å². The van der Waals surface area contributed by atoms with Gasteiger partial charge in [0, 0.05) is 6.04 Å². The van der Waals surface area contributed by atoms with E-state index >= 15 is 0 Å². The van der Waals surface area contributed by atoms with E-state index in [9.17, 15) is 4.39 Å². The molecule has 1 heterocycles. The van der Waals surface area contributed by atoms with Gasteiger partial charge in [0.15, 0.2) is 4.77 Å². The van der Waals surface area contributed by atoms with E-state index in [1.54, 1.807) is 6.07 Å². The zero-order valence-electron chi connectivity index (χ0n) is 12.0. The van der Waals surface area contributed by atoms with Gasteiger partial charge in [0.2, 0.25) is 0 Å². The van der Waals surface area contributed by atoms with E-state index in [1.807, 2.05) is 6.07 Å². The topological polar surface area (TPSA) is 20.7 Å². The van der Waals surface area contributed by atoms with Crippen LogP contribution in [0.3, 0.4) is 0 Å². The molecule has 4 heteroatoms. The quantitative estimate of drug-likeness (QED) is 0.752. The van der Waals surface area contributed by atoms with Crippen molar-refractivity contribution in [3.8, 4) is 0 Å². The number of H-pyrrole nitrogens is 1. The van der Waals surface area contributed by atoms with Crippen LogP contribution in [0.15, 0.2) is 18.2 Å². The molecular weight excluding hydrogens is 271 g/mol. The first-order valence-corrected chi connectivity index (χ1v) is 7.89. The summed E-state index contributed by atoms with van der Waals surface area (Å²) in [6.07, 6.45) is 4.91. The minimum Gasteiger partial charge on any atom is -0.328 e. The molecule has 1 aromatic carbocycles. The zero-order chi connectivity index (χ0) is 14.3. The van der Waals surface area contributed by atoms with Gasteiger partial charge in [-0.15, -0.1) is 0 Å². The Morgan fingerprint density at radius 1 is 1.30 bits per heavy atom. The number of nitrogens with one attached hydrogen (secondary N) is 1. The molecule has 3 rings (SSSR count). The lowest BCUT2D eigenvalue weighted by atomic mass is 9.77. The summed E-state index contributed by atoms with van der Waals surface area (Å²) in [4.78, 5) is 3.05. The molecule has 2 unspecified atom stereocenters. The largest absolute Gasteiger partial charge is 0.328 e. The number of halogens is 1. The number of aromatic nitrogens is 2. The second kappa shape index (κ2) is 5.32. The van der Waals surface area contributed by atoms with E-state index in [-0.39, 0.29) is 5.82 Å². The molecule has 108 valence electrons. The van der Waals surface area contributed by atoms with Gasteiger partial charge in [-0.2, -0.15) is 0 Å². The predicted octanol–water partition coefficient (Wildman–Crippen LogP) is 5.23. The second-order valence-corrected chi connectivity index (χ2v) is 6.58. The monoisotopic (exact) mass is 292 g/mol. The third kappa shape index (κ3) is 2.20. The number of nitrogens with zero attached hydrogens (tertiary/aromatic N) is 1. The minimum atomic E-state index is -0.218. The number of rotatable bonds is 2. The molecule has 20 heavy (non-hydrogen) atoms. The molecule has 2 nitrogen and oxygen atoms in total. The van der Waals surface area contributed by atoms with Gasteiger partial charge in [0.25, 0.3) is 0 Å². The summed E-state index contributed by atoms with van der Waals surface area (Å²) in [6, 6.07) is 5.62. The van der Waals surface area contributed by atoms with Crippen molar-refractivity contribution in [3.05, 3.63) is 28.8 Å². The Morgan fingerprint density at radius 2 is 2.05 bits per heavy atom. The summed E-state index contributed by atoms with van der Waals surface area (Å²) in [5.41, 5.74) is 1.46. The van der Waals surface area contributed by atoms with Gasteiger partial charge in [0.1, 0.15) is 11.3 Å². The Bertz CT molecular complexity index is 671. The first kappa shape index (κ1) is 13.8. The Morgan fingerprint density at radius 3 is 2.80 bits per heavy atom. The number of hydrogen-bond acceptors (Lipinski definition) is 1. The lowest BCUT2D eigenvalue weighted by molar-refractivity contribution is 0.186. The Kier molecular flexibility index (Phi) is 3.67. The lowest BCUT2D eigenvalue weighted by Crippen LogP contribution is -2.27. The lowest BCUT2D eigenvalue weighted by Gasteiger charge is -2.35. The fourth-order valence-electron chi connectivity index (χ4n) is 3.68. The van der Waals surface area contributed by atoms with Gasteiger partial charge >= 0.3 is 0 Å². The van der Waals surface area contributed by atoms with Crippen LogP contribution in [0.1, 0.15) is 45.6 Å². The summed E-state index contributed by atoms with van der Waals surface area (Å²) in [5, 5.41) is 0. The average molecular weight is 292 g/mol. The summed E-state index contributed by atoms with van der Waals surface area (Å²) in [5.74, 6) is 1.03. The molecule has 1 aliphatic rings. The molecule has 1 N–H and O–H groups in total. The average Bonchev–Trinajstić information content (AvgIpc) is 2.76. The van der Waals surface area contributed by atoms with Crippen molar-refractivity contribution in [1.29, 1.82) is 0 Å². The van der Waals surface area contributed by atoms with Crippen LogP contribution in [-0.2, 0) is 0 Å². The molecule has 1 saturated carbocycles. The number of para-hydroxylation sites is 1. The van der Waals surface area contributed by atoms with E-state index in [0.717, 1.165) is 11.9 Å². The van der Waals surface area contributed by atoms with E-state index in [1.165, 1.54) is 25.3 Å². The normalized spacial score (nSPS) is 23.6. The van der Waals surface area contributed by atoms with Crippen molar-refractivity contribution >= 4 is 23.3 Å². The predicted molar refractivity (Wildman–Crippen MR) is 82.9 cm³/mol. The van der Waals surface area contributed by atoms with Crippen molar-refractivity contribution in [2.75, 3.05) is 0 Å². The molecule has 2 aromatic rings. The van der Waals surface area contributed by atoms with Gasteiger partial charge in [-0.1, -0.05) is 32.8 Å². The van der Waals surface area contributed by atoms with E-state index in [0.29, 0.717) is 28.2 Å². The van der Waals surface area contributed by atoms with Crippen LogP contribution in [0.5, 0.6) is 0 Å². The van der Waals surface area contributed by atoms with Gasteiger partial charge in [-0.3, -0.25) is 0 Å². The molecule has 0 amide bonds. The number of hydrogen-bond donors (Lipinski definition) is 1. The molecule has 2 atom stereocenters. The number of imidazole rings is 1. The van der Waals surface area contributed by atoms with Crippen molar-refractivity contribution in [2.24, 2.45) is 11.8 Å². The van der Waals surface area contributed by atoms with Crippen LogP contribution < -0.4 is 0 Å². The first-order chi connectivity index (χ1) is 9.59. The van der Waals surface area contributed by atoms with Gasteiger partial charge in [-0.25, -0.2) is 4.39 Å². The van der Waals surface area contributed by atoms with Crippen molar-refractivity contribution in [3.63, 3.8) is 0 Å². The molecule has 0 bridgehead atoms. The molecule has 0 spiro atoms. The van der Waals surface area contributed by atoms with Crippen molar-refractivity contribution < 1.29 is 4.39 Å². The maximum Gasteiger partial charge on any atom is 0.178 e. The Hall–Kier alpha value is -1.16. The molecule has 1 fully saturated rings. The SMILES string of the molecule is CC(C)C1CCCCC1n1c(=S)[nH]c2c(F)cccc21. The highest BCUT2D eigenvalue weighted by molar-refractivity contribution is 7.71. The van der Waals surface area contributed by atoms with Crippen LogP contribution in [0, 0.1) is 22.4 Å². The molecule has 0 radical (unpaired) electrons. The van der Waals surface area contributed by atoms with Crippen LogP contribution in [0.2, 0.25) is 0 Å². The minimum absolute atomic E-state index is 0.218. The van der Waals surface area contributed by atoms with Crippen molar-refractivity contribution in [1.82, 2.24) is 9.55 Å². The Labute approximate surface area is 124 Å². The smallest absolute Gasteiger partial charge is 0.178 e. The molecule has 1 aliphatic carbocycles. The van der Waals surface area contributed by atoms with Crippen LogP contribution >= 0.6 is 12.2 Å². The summed E-state index contributed by atoms with van der Waals surface area (Å²) in [7, 11) is 0. The van der Waals surface area contributed by atoms with Gasteiger partial charge in [0.05, 0.1) is 5.52 Å². The highest BCUT2D eigenvalue weighted by atomic mass is 32.1. The van der Waals surface area contributed by atoms with E-state index in [2.05, 4.69) is 23.4 Å². The van der Waals surface area contributed by atoms with Gasteiger partial charge in [-0.05, 0) is 49.0 Å². The van der Waals surface area contributed by atoms with Crippen LogP contribution in [-0.4, -0.2) is 9.55 Å². The van der Waals surface area contributed by atoms with Crippen LogP contribution in [0.25, 0.3) is 11.0 Å². The fourth-order valence-corrected chi connectivity index (χ4v) is 4.02. The summed E-state index contributed by atoms with van der Waals surface area (Å²) >= 11 is 5.47. The number of aromatic amines is 1. The zero-order valence-corrected chi connectivity index (χ0v) is 12.8. The Balaban J connectivity index is 2.15. The molecule has 1 aromatic heterocycles. The number of fused-ring (bicyclic) bond motifs is 1. The van der Waals surface area contributed by atoms with Gasteiger partial charge < -0.3 is 9.55 Å². The summed E-state index contributed by atoms with van der Waals surface area (Å²) < 4.78 is 16.7. The molecule has 0 saturated heterocycles. The highest BCUT2D eigenvalue weighted by Crippen LogP contribution is 2.40. The first-order valence-electron chi connectivity index (χ1n) is 7.48. The standard InChI is InChI=1S/C16H21FN2S/c1-10(2)11-6-3-4-8-13(11)19-14-9-5-7-12(17)15(14)18-16(19)20/h5,7,9-11,13H,3-4,6,8H2,1-2H3,(H,18,20). The maximum absolute atomic E-state index is 13.9. The molecule has 0 aliphatic heterocycles. The second-order valence-electron chi connectivity index (χ2n) is 6.19. The fraction of sp³-hybridized carbons (Fsp3) is 0.562. The maximum atomic E-state index is 13.9. The highest BCUT2D eigenvalue weighted by Gasteiger charge is 2.30. The summed E-state index contributed by atoms with van der Waals surface area (Å²) in [6.45, 7) is 4.56. The number of benzene rings is 1. The van der Waals surface area contributed by atoms with Crippen LogP contribution in [0.4, 0.5) is 4.39 Å². The third-order valence-corrected chi connectivity index (χ3v) is 4.97. The van der Waals surface area contributed by atoms with E-state index in [4.69, 9.17) is 12.2 Å².